The van der Waals surface area contributed by atoms with Gasteiger partial charge in [-0.15, -0.1) is 11.3 Å². The van der Waals surface area contributed by atoms with Crippen molar-refractivity contribution < 1.29 is 33.8 Å². The third-order valence-electron chi connectivity index (χ3n) is 13.5. The highest BCUT2D eigenvalue weighted by molar-refractivity contribution is 7.22. The molecule has 0 spiro atoms. The fourth-order valence-electron chi connectivity index (χ4n) is 10.5. The van der Waals surface area contributed by atoms with Gasteiger partial charge in [0.25, 0.3) is 0 Å². The zero-order chi connectivity index (χ0) is 42.6. The van der Waals surface area contributed by atoms with E-state index in [2.05, 4.69) is 0 Å². The van der Waals surface area contributed by atoms with E-state index in [-0.39, 0.29) is 36.0 Å². The van der Waals surface area contributed by atoms with Gasteiger partial charge in [0.05, 0.1) is 40.8 Å². The maximum absolute atomic E-state index is 15.2. The number of aromatic hydroxyl groups is 1. The van der Waals surface area contributed by atoms with E-state index in [1.54, 1.807) is 103 Å². The number of phenols is 1. The summed E-state index contributed by atoms with van der Waals surface area (Å²) in [5, 5.41) is 18.2. The largest absolute Gasteiger partial charge is 0.504 e. The lowest BCUT2D eigenvalue weighted by atomic mass is 9.51. The molecule has 4 amide bonds. The van der Waals surface area contributed by atoms with Crippen molar-refractivity contribution in [3.05, 3.63) is 136 Å². The van der Waals surface area contributed by atoms with Gasteiger partial charge in [0.1, 0.15) is 11.5 Å². The minimum Gasteiger partial charge on any atom is -0.504 e. The van der Waals surface area contributed by atoms with Gasteiger partial charge in [-0.05, 0) is 92.1 Å². The lowest BCUT2D eigenvalue weighted by Gasteiger charge is -2.49. The lowest BCUT2D eigenvalue weighted by Crippen LogP contribution is -2.49. The summed E-state index contributed by atoms with van der Waals surface area (Å²) in [4.78, 5) is 75.7. The van der Waals surface area contributed by atoms with E-state index in [4.69, 9.17) is 21.4 Å². The number of hydrogen-bond acceptors (Lipinski definition) is 9. The molecule has 2 aliphatic heterocycles. The number of carbonyl (C=O) groups is 5. The van der Waals surface area contributed by atoms with Crippen LogP contribution in [-0.2, 0) is 26.2 Å². The molecule has 1 saturated carbocycles. The zero-order valence-corrected chi connectivity index (χ0v) is 35.2. The minimum atomic E-state index is -1.41. The number of aryl methyl sites for hydroxylation is 2. The van der Waals surface area contributed by atoms with Gasteiger partial charge < -0.3 is 9.84 Å². The summed E-state index contributed by atoms with van der Waals surface area (Å²) >= 11 is 7.88. The number of phenolic OH excluding ortho intramolecular Hbond substituents is 1. The van der Waals surface area contributed by atoms with Crippen molar-refractivity contribution in [1.82, 2.24) is 9.78 Å². The topological polar surface area (TPSA) is 139 Å². The molecule has 0 radical (unpaired) electrons. The van der Waals surface area contributed by atoms with Gasteiger partial charge in [-0.2, -0.15) is 5.10 Å². The second-order valence-electron chi connectivity index (χ2n) is 16.5. The summed E-state index contributed by atoms with van der Waals surface area (Å²) in [7, 11) is 3.14. The monoisotopic (exact) mass is 850 g/mol. The van der Waals surface area contributed by atoms with E-state index in [1.165, 1.54) is 16.9 Å². The predicted molar refractivity (Wildman–Crippen MR) is 232 cm³/mol. The van der Waals surface area contributed by atoms with Crippen molar-refractivity contribution >= 4 is 73.9 Å². The Morgan fingerprint density at radius 1 is 0.885 bits per heavy atom. The van der Waals surface area contributed by atoms with Crippen LogP contribution in [0.3, 0.4) is 0 Å². The molecule has 13 heteroatoms. The van der Waals surface area contributed by atoms with E-state index in [0.29, 0.717) is 38.9 Å². The van der Waals surface area contributed by atoms with Crippen molar-refractivity contribution in [2.75, 3.05) is 16.9 Å². The first-order valence-electron chi connectivity index (χ1n) is 20.1. The molecule has 1 N–H and O–H groups in total. The van der Waals surface area contributed by atoms with Crippen LogP contribution in [0.15, 0.2) is 109 Å². The number of para-hydroxylation sites is 1. The number of aromatic nitrogens is 2. The van der Waals surface area contributed by atoms with Crippen molar-refractivity contribution in [3.63, 3.8) is 0 Å². The van der Waals surface area contributed by atoms with Gasteiger partial charge in [0, 0.05) is 45.4 Å². The van der Waals surface area contributed by atoms with E-state index in [9.17, 15) is 19.5 Å². The number of amides is 4. The summed E-state index contributed by atoms with van der Waals surface area (Å²) in [5.41, 5.74) is 2.58. The van der Waals surface area contributed by atoms with E-state index < -0.39 is 52.7 Å². The summed E-state index contributed by atoms with van der Waals surface area (Å²) in [5.74, 6) is -5.44. The Hall–Kier alpha value is -6.37. The van der Waals surface area contributed by atoms with Gasteiger partial charge in [-0.25, -0.2) is 4.90 Å². The first kappa shape index (κ1) is 38.8. The van der Waals surface area contributed by atoms with Crippen molar-refractivity contribution in [3.8, 4) is 22.1 Å². The van der Waals surface area contributed by atoms with Gasteiger partial charge in [-0.3, -0.25) is 33.6 Å². The molecular formula is C48H39ClN4O7S. The SMILES string of the molecule is COc1cccc([C@H]2C3=CC[C@@H]4C(=O)N(c5ccc(C(=O)c6ccccc6)cc5)C(=O)[C@@H]4[C@@H]3C[C@H]3C(=O)N(c4cc(-c5sc6ccc(Cl)cc6c5C)nn4C)C(=O)[C@@]23C)c1O. The molecule has 2 saturated heterocycles. The molecule has 4 heterocycles. The van der Waals surface area contributed by atoms with Crippen LogP contribution in [0.1, 0.15) is 52.7 Å². The Morgan fingerprint density at radius 2 is 1.62 bits per heavy atom. The molecule has 4 aromatic carbocycles. The van der Waals surface area contributed by atoms with Gasteiger partial charge in [0.15, 0.2) is 17.3 Å². The Bertz CT molecular complexity index is 2920. The first-order chi connectivity index (χ1) is 29.3. The number of halogens is 1. The maximum atomic E-state index is 15.2. The summed E-state index contributed by atoms with van der Waals surface area (Å²) in [6, 6.07) is 27.9. The lowest BCUT2D eigenvalue weighted by molar-refractivity contribution is -0.131. The first-order valence-corrected chi connectivity index (χ1v) is 21.3. The molecule has 6 atom stereocenters. The van der Waals surface area contributed by atoms with Gasteiger partial charge in [-0.1, -0.05) is 65.7 Å². The zero-order valence-electron chi connectivity index (χ0n) is 33.6. The second kappa shape index (κ2) is 14.1. The van der Waals surface area contributed by atoms with E-state index >= 15 is 9.59 Å². The van der Waals surface area contributed by atoms with E-state index in [1.807, 2.05) is 37.3 Å². The molecule has 61 heavy (non-hydrogen) atoms. The number of thiophene rings is 1. The quantitative estimate of drug-likeness (QED) is 0.0957. The number of fused-ring (bicyclic) bond motifs is 5. The number of ether oxygens (including phenoxy) is 1. The van der Waals surface area contributed by atoms with Crippen LogP contribution in [0.2, 0.25) is 5.02 Å². The number of imide groups is 2. The average Bonchev–Trinajstić information content (AvgIpc) is 3.94. The standard InChI is InChI=1S/C48H39ClN4O7S/c1-24-32-21-27(49)15-20-37(32)61-43(24)35-23-38(51(3)50-35)53-45(57)34-22-33-29(40(48(34,2)47(53)59)31-11-8-12-36(60-4)42(31)55)18-19-30-39(33)46(58)52(44(30)56)28-16-13-26(14-17-28)41(54)25-9-6-5-7-10-25/h5-18,20-21,23,30,33-34,39-40,55H,19,22H2,1-4H3/t30-,33+,34-,39-,40+,48+/m0/s1. The summed E-state index contributed by atoms with van der Waals surface area (Å²) in [6.07, 6.45) is 2.29. The summed E-state index contributed by atoms with van der Waals surface area (Å²) in [6.45, 7) is 3.76. The average molecular weight is 851 g/mol. The number of rotatable bonds is 7. The van der Waals surface area contributed by atoms with Crippen molar-refractivity contribution in [1.29, 1.82) is 0 Å². The highest BCUT2D eigenvalue weighted by Gasteiger charge is 2.68. The van der Waals surface area contributed by atoms with Crippen LogP contribution < -0.4 is 14.5 Å². The predicted octanol–water partition coefficient (Wildman–Crippen LogP) is 8.64. The number of nitrogens with zero attached hydrogens (tertiary/aromatic N) is 4. The molecule has 0 unspecified atom stereocenters. The number of benzene rings is 4. The number of hydrogen-bond donors (Lipinski definition) is 1. The number of methoxy groups -OCH3 is 1. The number of allylic oxidation sites excluding steroid dienone is 2. The molecule has 306 valence electrons. The van der Waals surface area contributed by atoms with Crippen LogP contribution >= 0.6 is 22.9 Å². The van der Waals surface area contributed by atoms with Crippen LogP contribution in [-0.4, -0.2) is 51.4 Å². The molecule has 3 fully saturated rings. The Kier molecular flexibility index (Phi) is 8.97. The molecular weight excluding hydrogens is 812 g/mol. The Balaban J connectivity index is 1.04. The number of ketones is 1. The van der Waals surface area contributed by atoms with Gasteiger partial charge in [0.2, 0.25) is 23.6 Å². The number of carbonyl (C=O) groups excluding carboxylic acids is 5. The summed E-state index contributed by atoms with van der Waals surface area (Å²) < 4.78 is 8.10. The fourth-order valence-corrected chi connectivity index (χ4v) is 11.8. The molecule has 2 aliphatic carbocycles. The normalized spacial score (nSPS) is 24.5. The highest BCUT2D eigenvalue weighted by Crippen LogP contribution is 2.65. The fraction of sp³-hybridized carbons (Fsp3) is 0.250. The van der Waals surface area contributed by atoms with E-state index in [0.717, 1.165) is 26.1 Å². The second-order valence-corrected chi connectivity index (χ2v) is 18.0. The smallest absolute Gasteiger partial charge is 0.242 e. The maximum Gasteiger partial charge on any atom is 0.242 e. The van der Waals surface area contributed by atoms with Crippen LogP contribution in [0.5, 0.6) is 11.5 Å². The molecule has 2 aromatic heterocycles. The molecule has 0 bridgehead atoms. The Labute approximate surface area is 359 Å². The molecule has 4 aliphatic rings. The van der Waals surface area contributed by atoms with Crippen LogP contribution in [0.25, 0.3) is 20.7 Å². The minimum absolute atomic E-state index is 0.129. The third-order valence-corrected chi connectivity index (χ3v) is 15.0. The molecule has 11 nitrogen and oxygen atoms in total. The molecule has 10 rings (SSSR count). The van der Waals surface area contributed by atoms with Gasteiger partial charge >= 0.3 is 0 Å². The Morgan fingerprint density at radius 3 is 2.36 bits per heavy atom. The van der Waals surface area contributed by atoms with Crippen molar-refractivity contribution in [2.24, 2.45) is 36.1 Å². The van der Waals surface area contributed by atoms with Crippen LogP contribution in [0.4, 0.5) is 11.5 Å². The van der Waals surface area contributed by atoms with Crippen LogP contribution in [0, 0.1) is 36.0 Å². The van der Waals surface area contributed by atoms with Crippen molar-refractivity contribution in [2.45, 2.75) is 32.6 Å². The molecule has 6 aromatic rings. The highest BCUT2D eigenvalue weighted by atomic mass is 35.5. The third kappa shape index (κ3) is 5.61. The number of anilines is 2.